The third kappa shape index (κ3) is 4.92. The topological polar surface area (TPSA) is 55.8 Å². The summed E-state index contributed by atoms with van der Waals surface area (Å²) in [6, 6.07) is 7.67. The third-order valence-electron chi connectivity index (χ3n) is 4.90. The van der Waals surface area contributed by atoms with Crippen LogP contribution in [0.3, 0.4) is 0 Å². The molecule has 0 bridgehead atoms. The van der Waals surface area contributed by atoms with Crippen molar-refractivity contribution in [2.45, 2.75) is 24.9 Å². The standard InChI is InChI=1S/C21H28O4S2/c1-6-12-21(23,13-16(26-4)27-5)19-17(18(19)20(22)25-7-2)14-8-10-15(24-3)11-9-14/h6,8-11,13,17-19,23H,1,7,12H2,2-5H3. The minimum Gasteiger partial charge on any atom is -0.497 e. The molecule has 4 unspecified atom stereocenters. The summed E-state index contributed by atoms with van der Waals surface area (Å²) in [6.45, 7) is 5.93. The second kappa shape index (κ2) is 9.71. The van der Waals surface area contributed by atoms with Crippen molar-refractivity contribution < 1.29 is 19.4 Å². The molecule has 4 nitrogen and oxygen atoms in total. The van der Waals surface area contributed by atoms with Gasteiger partial charge < -0.3 is 14.6 Å². The Morgan fingerprint density at radius 1 is 1.30 bits per heavy atom. The van der Waals surface area contributed by atoms with Gasteiger partial charge in [0.2, 0.25) is 0 Å². The van der Waals surface area contributed by atoms with E-state index in [1.54, 1.807) is 43.6 Å². The van der Waals surface area contributed by atoms with Crippen LogP contribution >= 0.6 is 23.5 Å². The minimum absolute atomic E-state index is 0.0962. The summed E-state index contributed by atoms with van der Waals surface area (Å²) in [5.41, 5.74) is -0.143. The molecular weight excluding hydrogens is 380 g/mol. The first-order valence-electron chi connectivity index (χ1n) is 8.90. The predicted octanol–water partition coefficient (Wildman–Crippen LogP) is 4.46. The maximum Gasteiger partial charge on any atom is 0.309 e. The van der Waals surface area contributed by atoms with Gasteiger partial charge in [0.05, 0.1) is 25.2 Å². The van der Waals surface area contributed by atoms with Crippen molar-refractivity contribution >= 4 is 29.5 Å². The van der Waals surface area contributed by atoms with E-state index in [1.807, 2.05) is 42.9 Å². The smallest absolute Gasteiger partial charge is 0.309 e. The molecule has 0 spiro atoms. The Kier molecular flexibility index (Phi) is 7.89. The van der Waals surface area contributed by atoms with E-state index in [9.17, 15) is 9.90 Å². The highest BCUT2D eigenvalue weighted by molar-refractivity contribution is 8.21. The maximum absolute atomic E-state index is 12.6. The first-order chi connectivity index (χ1) is 12.9. The fraction of sp³-hybridized carbons (Fsp3) is 0.476. The van der Waals surface area contributed by atoms with Crippen molar-refractivity contribution in [1.29, 1.82) is 0 Å². The number of thioether (sulfide) groups is 2. The normalized spacial score (nSPS) is 23.1. The van der Waals surface area contributed by atoms with E-state index in [0.717, 1.165) is 15.6 Å². The summed E-state index contributed by atoms with van der Waals surface area (Å²) >= 11 is 3.17. The Hall–Kier alpha value is -1.37. The molecule has 1 aromatic rings. The van der Waals surface area contributed by atoms with Gasteiger partial charge >= 0.3 is 5.97 Å². The quantitative estimate of drug-likeness (QED) is 0.456. The largest absolute Gasteiger partial charge is 0.497 e. The fourth-order valence-corrected chi connectivity index (χ4v) is 4.94. The Morgan fingerprint density at radius 3 is 2.41 bits per heavy atom. The van der Waals surface area contributed by atoms with Crippen molar-refractivity contribution in [1.82, 2.24) is 0 Å². The second-order valence-electron chi connectivity index (χ2n) is 6.46. The van der Waals surface area contributed by atoms with Gasteiger partial charge in [0.1, 0.15) is 5.75 Å². The average molecular weight is 409 g/mol. The number of ether oxygens (including phenoxy) is 2. The molecule has 2 rings (SSSR count). The summed E-state index contributed by atoms with van der Waals surface area (Å²) in [5.74, 6) is -0.214. The molecule has 0 aliphatic heterocycles. The highest BCUT2D eigenvalue weighted by Crippen LogP contribution is 2.61. The first kappa shape index (κ1) is 21.9. The summed E-state index contributed by atoms with van der Waals surface area (Å²) < 4.78 is 11.5. The van der Waals surface area contributed by atoms with E-state index in [1.165, 1.54) is 0 Å². The fourth-order valence-electron chi connectivity index (χ4n) is 3.63. The molecular formula is C21H28O4S2. The van der Waals surface area contributed by atoms with Crippen molar-refractivity contribution in [3.05, 3.63) is 52.8 Å². The molecule has 1 saturated carbocycles. The van der Waals surface area contributed by atoms with E-state index in [4.69, 9.17) is 9.47 Å². The second-order valence-corrected chi connectivity index (χ2v) is 8.41. The number of carbonyl (C=O) groups is 1. The van der Waals surface area contributed by atoms with E-state index < -0.39 is 5.60 Å². The highest BCUT2D eigenvalue weighted by Gasteiger charge is 2.64. The SMILES string of the molecule is C=CCC(O)(C=C(SC)SC)C1C(C(=O)OCC)C1c1ccc(OC)cc1. The minimum atomic E-state index is -1.15. The van der Waals surface area contributed by atoms with Crippen LogP contribution in [0.1, 0.15) is 24.8 Å². The molecule has 4 atom stereocenters. The molecule has 148 valence electrons. The molecule has 27 heavy (non-hydrogen) atoms. The Morgan fingerprint density at radius 2 is 1.93 bits per heavy atom. The van der Waals surface area contributed by atoms with Crippen LogP contribution in [0.5, 0.6) is 5.75 Å². The number of aliphatic hydroxyl groups is 1. The monoisotopic (exact) mass is 408 g/mol. The van der Waals surface area contributed by atoms with Crippen molar-refractivity contribution in [3.63, 3.8) is 0 Å². The molecule has 1 aliphatic rings. The van der Waals surface area contributed by atoms with Gasteiger partial charge in [0.15, 0.2) is 0 Å². The third-order valence-corrected chi connectivity index (χ3v) is 6.94. The van der Waals surface area contributed by atoms with Gasteiger partial charge in [0, 0.05) is 16.1 Å². The number of hydrogen-bond acceptors (Lipinski definition) is 6. The lowest BCUT2D eigenvalue weighted by Gasteiger charge is -2.25. The summed E-state index contributed by atoms with van der Waals surface area (Å²) in [5, 5.41) is 11.5. The Bertz CT molecular complexity index is 680. The lowest BCUT2D eigenvalue weighted by molar-refractivity contribution is -0.145. The molecule has 0 heterocycles. The molecule has 1 aromatic carbocycles. The van der Waals surface area contributed by atoms with Crippen LogP contribution in [0.2, 0.25) is 0 Å². The van der Waals surface area contributed by atoms with Gasteiger partial charge in [-0.05, 0) is 49.6 Å². The van der Waals surface area contributed by atoms with Crippen LogP contribution in [0.15, 0.2) is 47.2 Å². The van der Waals surface area contributed by atoms with Gasteiger partial charge in [-0.15, -0.1) is 30.1 Å². The number of rotatable bonds is 10. The van der Waals surface area contributed by atoms with E-state index in [2.05, 4.69) is 6.58 Å². The van der Waals surface area contributed by atoms with Crippen LogP contribution in [0, 0.1) is 11.8 Å². The zero-order valence-electron chi connectivity index (χ0n) is 16.3. The zero-order valence-corrected chi connectivity index (χ0v) is 17.9. The summed E-state index contributed by atoms with van der Waals surface area (Å²) in [7, 11) is 1.62. The number of benzene rings is 1. The number of hydrogen-bond donors (Lipinski definition) is 1. The Labute approximate surface area is 170 Å². The average Bonchev–Trinajstić information content (AvgIpc) is 3.43. The van der Waals surface area contributed by atoms with Gasteiger partial charge in [-0.3, -0.25) is 4.79 Å². The van der Waals surface area contributed by atoms with Crippen molar-refractivity contribution in [3.8, 4) is 5.75 Å². The highest BCUT2D eigenvalue weighted by atomic mass is 32.2. The summed E-state index contributed by atoms with van der Waals surface area (Å²) in [4.78, 5) is 12.6. The number of esters is 1. The van der Waals surface area contributed by atoms with Gasteiger partial charge in [0.25, 0.3) is 0 Å². The molecule has 1 N–H and O–H groups in total. The predicted molar refractivity (Wildman–Crippen MR) is 114 cm³/mol. The molecule has 0 aromatic heterocycles. The lowest BCUT2D eigenvalue weighted by atomic mass is 9.90. The molecule has 1 fully saturated rings. The Balaban J connectivity index is 2.42. The molecule has 6 heteroatoms. The van der Waals surface area contributed by atoms with E-state index >= 15 is 0 Å². The van der Waals surface area contributed by atoms with Crippen LogP contribution in [-0.2, 0) is 9.53 Å². The summed E-state index contributed by atoms with van der Waals surface area (Å²) in [6.07, 6.45) is 7.93. The van der Waals surface area contributed by atoms with Gasteiger partial charge in [-0.25, -0.2) is 0 Å². The maximum atomic E-state index is 12.6. The van der Waals surface area contributed by atoms with E-state index in [0.29, 0.717) is 13.0 Å². The molecule has 1 aliphatic carbocycles. The van der Waals surface area contributed by atoms with Gasteiger partial charge in [-0.2, -0.15) is 0 Å². The molecule has 0 radical (unpaired) electrons. The van der Waals surface area contributed by atoms with Crippen LogP contribution < -0.4 is 4.74 Å². The van der Waals surface area contributed by atoms with Crippen LogP contribution in [0.4, 0.5) is 0 Å². The van der Waals surface area contributed by atoms with Crippen LogP contribution in [-0.4, -0.2) is 42.9 Å². The number of methoxy groups -OCH3 is 1. The molecule has 0 amide bonds. The zero-order chi connectivity index (χ0) is 20.0. The van der Waals surface area contributed by atoms with E-state index in [-0.39, 0.29) is 23.7 Å². The van der Waals surface area contributed by atoms with Crippen molar-refractivity contribution in [2.24, 2.45) is 11.8 Å². The van der Waals surface area contributed by atoms with Crippen molar-refractivity contribution in [2.75, 3.05) is 26.2 Å². The first-order valence-corrected chi connectivity index (χ1v) is 11.3. The molecule has 0 saturated heterocycles. The van der Waals surface area contributed by atoms with Crippen LogP contribution in [0.25, 0.3) is 0 Å². The van der Waals surface area contributed by atoms with Gasteiger partial charge in [-0.1, -0.05) is 18.2 Å². The number of carbonyl (C=O) groups excluding carboxylic acids is 1. The lowest BCUT2D eigenvalue weighted by Crippen LogP contribution is -2.31.